The fourth-order valence-electron chi connectivity index (χ4n) is 5.19. The number of nitrogens with zero attached hydrogens (tertiary/aromatic N) is 4. The summed E-state index contributed by atoms with van der Waals surface area (Å²) in [6.45, 7) is 2.67. The molecule has 3 heterocycles. The molecule has 0 N–H and O–H groups in total. The van der Waals surface area contributed by atoms with E-state index < -0.39 is 15.9 Å². The molecule has 2 amide bonds. The third-order valence-corrected chi connectivity index (χ3v) is 7.29. The molecule has 0 unspecified atom stereocenters. The van der Waals surface area contributed by atoms with E-state index in [9.17, 15) is 19.7 Å². The summed E-state index contributed by atoms with van der Waals surface area (Å²) in [4.78, 5) is 42.9. The molecule has 148 valence electrons. The van der Waals surface area contributed by atoms with Crippen LogP contribution < -0.4 is 4.90 Å². The van der Waals surface area contributed by atoms with E-state index in [1.165, 1.54) is 21.9 Å². The smallest absolute Gasteiger partial charge is 0.269 e. The average molecular weight is 402 g/mol. The van der Waals surface area contributed by atoms with Gasteiger partial charge in [0, 0.05) is 44.9 Å². The molecule has 3 aliphatic heterocycles. The summed E-state index contributed by atoms with van der Waals surface area (Å²) >= 11 is 5.28. The number of anilines is 1. The van der Waals surface area contributed by atoms with Gasteiger partial charge in [0.2, 0.25) is 11.8 Å². The van der Waals surface area contributed by atoms with E-state index in [1.54, 1.807) is 20.2 Å². The molecule has 0 radical (unpaired) electrons. The van der Waals surface area contributed by atoms with Crippen molar-refractivity contribution in [3.63, 3.8) is 0 Å². The fraction of sp³-hybridized carbons (Fsp3) is 0.526. The second kappa shape index (κ2) is 5.97. The second-order valence-electron chi connectivity index (χ2n) is 8.05. The van der Waals surface area contributed by atoms with Gasteiger partial charge in [0.15, 0.2) is 10.5 Å². The molecule has 2 saturated heterocycles. The van der Waals surface area contributed by atoms with Crippen molar-refractivity contribution in [1.29, 1.82) is 0 Å². The number of piperidine rings is 1. The Morgan fingerprint density at radius 2 is 1.79 bits per heavy atom. The summed E-state index contributed by atoms with van der Waals surface area (Å²) in [5.41, 5.74) is -0.590. The maximum atomic E-state index is 13.6. The van der Waals surface area contributed by atoms with Crippen LogP contribution in [0.15, 0.2) is 18.2 Å². The number of non-ortho nitro benzene ring substituents is 1. The first-order valence-corrected chi connectivity index (χ1v) is 9.71. The average Bonchev–Trinajstić information content (AvgIpc) is 2.68. The lowest BCUT2D eigenvalue weighted by molar-refractivity contribution is -0.384. The van der Waals surface area contributed by atoms with Gasteiger partial charge in [-0.25, -0.2) is 0 Å². The molecule has 0 aromatic heterocycles. The van der Waals surface area contributed by atoms with E-state index >= 15 is 0 Å². The summed E-state index contributed by atoms with van der Waals surface area (Å²) < 4.78 is 0. The van der Waals surface area contributed by atoms with Crippen LogP contribution in [-0.4, -0.2) is 57.8 Å². The molecule has 1 aromatic rings. The molecule has 1 spiro atoms. The number of carbonyl (C=O) groups excluding carboxylic acids is 2. The maximum absolute atomic E-state index is 13.6. The van der Waals surface area contributed by atoms with Gasteiger partial charge in [0.1, 0.15) is 0 Å². The molecule has 1 atom stereocenters. The minimum Gasteiger partial charge on any atom is -0.364 e. The van der Waals surface area contributed by atoms with Gasteiger partial charge in [-0.2, -0.15) is 0 Å². The monoisotopic (exact) mass is 402 g/mol. The minimum absolute atomic E-state index is 0.0394. The lowest BCUT2D eigenvalue weighted by Crippen LogP contribution is -2.76. The SMILES string of the molecule is CN1C(=O)C2(Cc3cc([N+](=O)[O-])ccc3N3CCCC[C@]32C)C(=O)N(C)C1=S. The summed E-state index contributed by atoms with van der Waals surface area (Å²) in [5, 5.41) is 11.5. The van der Waals surface area contributed by atoms with Gasteiger partial charge < -0.3 is 4.90 Å². The van der Waals surface area contributed by atoms with Crippen LogP contribution >= 0.6 is 12.2 Å². The zero-order valence-electron chi connectivity index (χ0n) is 16.1. The number of carbonyl (C=O) groups is 2. The molecule has 0 bridgehead atoms. The first-order valence-electron chi connectivity index (χ1n) is 9.30. The normalized spacial score (nSPS) is 26.4. The number of nitro groups is 1. The molecular weight excluding hydrogens is 380 g/mol. The Hall–Kier alpha value is -2.55. The standard InChI is InChI=1S/C19H22N4O4S/c1-18-8-4-5-9-22(18)14-7-6-13(23(26)27)10-12(14)11-19(18)15(24)20(2)17(28)21(3)16(19)25/h6-7,10H,4-5,8-9,11H2,1-3H3/t18-/m0/s1. The Labute approximate surface area is 168 Å². The van der Waals surface area contributed by atoms with Gasteiger partial charge >= 0.3 is 0 Å². The predicted molar refractivity (Wildman–Crippen MR) is 107 cm³/mol. The molecule has 0 saturated carbocycles. The van der Waals surface area contributed by atoms with Crippen LogP contribution in [0.1, 0.15) is 31.7 Å². The zero-order chi connectivity index (χ0) is 20.4. The third kappa shape index (κ3) is 2.13. The van der Waals surface area contributed by atoms with E-state index in [0.717, 1.165) is 18.5 Å². The number of nitro benzene ring substituents is 1. The largest absolute Gasteiger partial charge is 0.364 e. The molecule has 2 fully saturated rings. The third-order valence-electron chi connectivity index (χ3n) is 6.74. The first-order chi connectivity index (χ1) is 13.1. The van der Waals surface area contributed by atoms with Crippen molar-refractivity contribution in [2.24, 2.45) is 5.41 Å². The highest BCUT2D eigenvalue weighted by atomic mass is 32.1. The zero-order valence-corrected chi connectivity index (χ0v) is 16.9. The highest BCUT2D eigenvalue weighted by Gasteiger charge is 2.68. The van der Waals surface area contributed by atoms with Crippen molar-refractivity contribution in [2.75, 3.05) is 25.5 Å². The molecule has 9 heteroatoms. The fourth-order valence-corrected chi connectivity index (χ4v) is 5.36. The van der Waals surface area contributed by atoms with Gasteiger partial charge in [-0.1, -0.05) is 0 Å². The molecular formula is C19H22N4O4S. The summed E-state index contributed by atoms with van der Waals surface area (Å²) in [6, 6.07) is 4.74. The van der Waals surface area contributed by atoms with Gasteiger partial charge in [-0.15, -0.1) is 0 Å². The van der Waals surface area contributed by atoms with Gasteiger partial charge in [-0.05, 0) is 50.0 Å². The van der Waals surface area contributed by atoms with Crippen LogP contribution in [0.2, 0.25) is 0 Å². The van der Waals surface area contributed by atoms with Crippen molar-refractivity contribution in [1.82, 2.24) is 9.80 Å². The van der Waals surface area contributed by atoms with E-state index in [4.69, 9.17) is 12.2 Å². The molecule has 0 aliphatic carbocycles. The Morgan fingerprint density at radius 1 is 1.14 bits per heavy atom. The number of amides is 2. The Kier molecular flexibility index (Phi) is 4.01. The van der Waals surface area contributed by atoms with Crippen LogP contribution in [-0.2, 0) is 16.0 Å². The Bertz CT molecular complexity index is 909. The summed E-state index contributed by atoms with van der Waals surface area (Å²) in [7, 11) is 3.18. The van der Waals surface area contributed by atoms with Crippen LogP contribution in [0.25, 0.3) is 0 Å². The predicted octanol–water partition coefficient (Wildman–Crippen LogP) is 2.10. The van der Waals surface area contributed by atoms with Crippen molar-refractivity contribution in [3.05, 3.63) is 33.9 Å². The number of benzene rings is 1. The minimum atomic E-state index is -1.36. The summed E-state index contributed by atoms with van der Waals surface area (Å²) in [6.07, 6.45) is 2.67. The Balaban J connectivity index is 1.98. The topological polar surface area (TPSA) is 87.0 Å². The highest BCUT2D eigenvalue weighted by molar-refractivity contribution is 7.80. The molecule has 3 aliphatic rings. The van der Waals surface area contributed by atoms with Crippen LogP contribution in [0.4, 0.5) is 11.4 Å². The van der Waals surface area contributed by atoms with Crippen molar-refractivity contribution < 1.29 is 14.5 Å². The number of fused-ring (bicyclic) bond motifs is 4. The summed E-state index contributed by atoms with van der Waals surface area (Å²) in [5.74, 6) is -0.653. The number of hydrogen-bond donors (Lipinski definition) is 0. The molecule has 4 rings (SSSR count). The van der Waals surface area contributed by atoms with Gasteiger partial charge in [-0.3, -0.25) is 29.5 Å². The Morgan fingerprint density at radius 3 is 2.39 bits per heavy atom. The lowest BCUT2D eigenvalue weighted by Gasteiger charge is -2.61. The quantitative estimate of drug-likeness (QED) is 0.309. The van der Waals surface area contributed by atoms with Crippen LogP contribution in [0.3, 0.4) is 0 Å². The van der Waals surface area contributed by atoms with E-state index in [-0.39, 0.29) is 29.0 Å². The lowest BCUT2D eigenvalue weighted by atomic mass is 9.58. The van der Waals surface area contributed by atoms with Gasteiger partial charge in [0.25, 0.3) is 5.69 Å². The molecule has 1 aromatic carbocycles. The number of hydrogen-bond acceptors (Lipinski definition) is 6. The van der Waals surface area contributed by atoms with E-state index in [2.05, 4.69) is 4.90 Å². The van der Waals surface area contributed by atoms with Crippen molar-refractivity contribution in [2.45, 2.75) is 38.1 Å². The molecule has 8 nitrogen and oxygen atoms in total. The number of thiocarbonyl (C=S) groups is 1. The maximum Gasteiger partial charge on any atom is 0.269 e. The van der Waals surface area contributed by atoms with Gasteiger partial charge in [0.05, 0.1) is 10.5 Å². The van der Waals surface area contributed by atoms with Crippen molar-refractivity contribution >= 4 is 40.5 Å². The second-order valence-corrected chi connectivity index (χ2v) is 8.41. The first kappa shape index (κ1) is 18.8. The highest BCUT2D eigenvalue weighted by Crippen LogP contribution is 2.55. The van der Waals surface area contributed by atoms with E-state index in [0.29, 0.717) is 18.5 Å². The van der Waals surface area contributed by atoms with Crippen LogP contribution in [0.5, 0.6) is 0 Å². The van der Waals surface area contributed by atoms with Crippen LogP contribution in [0, 0.1) is 15.5 Å². The van der Waals surface area contributed by atoms with E-state index in [1.807, 2.05) is 6.92 Å². The molecule has 28 heavy (non-hydrogen) atoms. The number of rotatable bonds is 1. The van der Waals surface area contributed by atoms with Crippen molar-refractivity contribution in [3.8, 4) is 0 Å².